The number of aliphatic hydroxyl groups is 1. The average Bonchev–Trinajstić information content (AvgIpc) is 3.18. The van der Waals surface area contributed by atoms with Crippen molar-refractivity contribution >= 4 is 5.91 Å². The van der Waals surface area contributed by atoms with Crippen LogP contribution in [0.5, 0.6) is 0 Å². The zero-order chi connectivity index (χ0) is 18.4. The Morgan fingerprint density at radius 3 is 3.07 bits per heavy atom. The molecule has 82 valence electrons. The number of rotatable bonds is 6. The Balaban J connectivity index is 3.04. The van der Waals surface area contributed by atoms with Crippen molar-refractivity contribution in [2.45, 2.75) is 57.9 Å². The van der Waals surface area contributed by atoms with Gasteiger partial charge in [-0.15, -0.1) is 0 Å². The van der Waals surface area contributed by atoms with Crippen LogP contribution in [0.2, 0.25) is 0 Å². The van der Waals surface area contributed by atoms with Crippen LogP contribution in [0, 0.1) is 5.92 Å². The molecule has 0 radical (unpaired) electrons. The standard InChI is InChI=1S/C11H21NO2/c1-3-4-5-8(2)10(13)11(14)12-9-6-7-9/h8-10,13H,3-7H2,1-2H3,(H,12,14)/i1D3,3D2,4D2,5D2. The SMILES string of the molecule is [2H]C([2H])([2H])C([2H])([2H])C([2H])([2H])C([2H])([2H])C(C)C(O)C(=O)NC1CC1. The molecule has 2 atom stereocenters. The second-order valence-electron chi connectivity index (χ2n) is 3.41. The lowest BCUT2D eigenvalue weighted by molar-refractivity contribution is -0.132. The molecule has 3 heteroatoms. The van der Waals surface area contributed by atoms with E-state index in [4.69, 9.17) is 12.3 Å². The molecule has 0 spiro atoms. The first kappa shape index (κ1) is 4.12. The quantitative estimate of drug-likeness (QED) is 0.694. The van der Waals surface area contributed by atoms with Crippen LogP contribution in [0.4, 0.5) is 0 Å². The van der Waals surface area contributed by atoms with Gasteiger partial charge in [-0.2, -0.15) is 0 Å². The van der Waals surface area contributed by atoms with Gasteiger partial charge in [0.25, 0.3) is 0 Å². The van der Waals surface area contributed by atoms with E-state index in [-0.39, 0.29) is 6.04 Å². The van der Waals surface area contributed by atoms with Crippen LogP contribution in [0.1, 0.15) is 58.1 Å². The van der Waals surface area contributed by atoms with Crippen LogP contribution >= 0.6 is 0 Å². The molecular weight excluding hydrogens is 178 g/mol. The maximum absolute atomic E-state index is 11.8. The molecule has 1 fully saturated rings. The zero-order valence-electron chi connectivity index (χ0n) is 17.0. The molecule has 2 unspecified atom stereocenters. The summed E-state index contributed by atoms with van der Waals surface area (Å²) in [6.07, 6.45) is -10.5. The average molecular weight is 208 g/mol. The van der Waals surface area contributed by atoms with Crippen LogP contribution in [0.15, 0.2) is 0 Å². The Hall–Kier alpha value is -0.570. The Kier molecular flexibility index (Phi) is 1.57. The monoisotopic (exact) mass is 208 g/mol. The van der Waals surface area contributed by atoms with Gasteiger partial charge in [-0.3, -0.25) is 4.79 Å². The van der Waals surface area contributed by atoms with Gasteiger partial charge in [-0.1, -0.05) is 26.5 Å². The van der Waals surface area contributed by atoms with E-state index in [0.717, 1.165) is 19.8 Å². The molecule has 1 aliphatic carbocycles. The third kappa shape index (κ3) is 3.66. The van der Waals surface area contributed by atoms with Crippen LogP contribution in [0.25, 0.3) is 0 Å². The normalized spacial score (nSPS) is 33.7. The lowest BCUT2D eigenvalue weighted by Crippen LogP contribution is -2.39. The summed E-state index contributed by atoms with van der Waals surface area (Å²) >= 11 is 0. The van der Waals surface area contributed by atoms with Gasteiger partial charge in [0.1, 0.15) is 6.10 Å². The Morgan fingerprint density at radius 2 is 2.50 bits per heavy atom. The van der Waals surface area contributed by atoms with Crippen LogP contribution < -0.4 is 5.32 Å². The van der Waals surface area contributed by atoms with E-state index >= 15 is 0 Å². The van der Waals surface area contributed by atoms with Crippen molar-refractivity contribution in [2.24, 2.45) is 5.92 Å². The molecule has 1 aliphatic rings. The molecule has 0 aliphatic heterocycles. The highest BCUT2D eigenvalue weighted by Crippen LogP contribution is 2.20. The highest BCUT2D eigenvalue weighted by atomic mass is 16.3. The lowest BCUT2D eigenvalue weighted by Gasteiger charge is -2.17. The van der Waals surface area contributed by atoms with Gasteiger partial charge in [0.15, 0.2) is 0 Å². The van der Waals surface area contributed by atoms with Crippen molar-refractivity contribution in [2.75, 3.05) is 0 Å². The topological polar surface area (TPSA) is 49.3 Å². The fourth-order valence-corrected chi connectivity index (χ4v) is 0.970. The molecule has 0 saturated heterocycles. The number of hydrogen-bond acceptors (Lipinski definition) is 2. The highest BCUT2D eigenvalue weighted by Gasteiger charge is 2.28. The van der Waals surface area contributed by atoms with E-state index in [9.17, 15) is 9.90 Å². The maximum atomic E-state index is 11.8. The van der Waals surface area contributed by atoms with Crippen LogP contribution in [-0.2, 0) is 4.79 Å². The van der Waals surface area contributed by atoms with Crippen molar-refractivity contribution in [3.05, 3.63) is 0 Å². The van der Waals surface area contributed by atoms with E-state index in [0.29, 0.717) is 0 Å². The molecular formula is C11H21NO2. The summed E-state index contributed by atoms with van der Waals surface area (Å²) in [6.45, 7) is -2.37. The summed E-state index contributed by atoms with van der Waals surface area (Å²) in [4.78, 5) is 11.8. The number of aliphatic hydroxyl groups excluding tert-OH is 1. The van der Waals surface area contributed by atoms with Gasteiger partial charge in [-0.25, -0.2) is 0 Å². The summed E-state index contributed by atoms with van der Waals surface area (Å²) < 4.78 is 67.5. The predicted molar refractivity (Wildman–Crippen MR) is 55.9 cm³/mol. The first-order valence-electron chi connectivity index (χ1n) is 9.06. The van der Waals surface area contributed by atoms with E-state index in [2.05, 4.69) is 5.32 Å². The summed E-state index contributed by atoms with van der Waals surface area (Å²) in [5.74, 6) is -2.54. The van der Waals surface area contributed by atoms with E-state index in [1.807, 2.05) is 0 Å². The molecule has 1 saturated carbocycles. The fraction of sp³-hybridized carbons (Fsp3) is 0.909. The van der Waals surface area contributed by atoms with Gasteiger partial charge < -0.3 is 10.4 Å². The second-order valence-corrected chi connectivity index (χ2v) is 3.41. The van der Waals surface area contributed by atoms with Gasteiger partial charge in [0, 0.05) is 18.4 Å². The minimum atomic E-state index is -3.51. The molecule has 3 nitrogen and oxygen atoms in total. The molecule has 1 amide bonds. The van der Waals surface area contributed by atoms with Crippen molar-refractivity contribution in [3.8, 4) is 0 Å². The Morgan fingerprint density at radius 1 is 1.79 bits per heavy atom. The molecule has 0 aromatic rings. The van der Waals surface area contributed by atoms with E-state index < -0.39 is 43.9 Å². The molecule has 0 heterocycles. The molecule has 14 heavy (non-hydrogen) atoms. The van der Waals surface area contributed by atoms with Crippen molar-refractivity contribution in [1.29, 1.82) is 0 Å². The number of hydrogen-bond donors (Lipinski definition) is 2. The molecule has 0 aromatic carbocycles. The third-order valence-electron chi connectivity index (χ3n) is 2.03. The van der Waals surface area contributed by atoms with Gasteiger partial charge >= 0.3 is 0 Å². The Bertz CT molecular complexity index is 459. The smallest absolute Gasteiger partial charge is 0.249 e. The molecule has 0 aromatic heterocycles. The number of amides is 1. The van der Waals surface area contributed by atoms with Gasteiger partial charge in [0.05, 0.1) is 0 Å². The molecule has 1 rings (SSSR count). The molecule has 2 N–H and O–H groups in total. The van der Waals surface area contributed by atoms with Gasteiger partial charge in [-0.05, 0) is 25.1 Å². The second kappa shape index (κ2) is 5.35. The first-order valence-corrected chi connectivity index (χ1v) is 4.56. The van der Waals surface area contributed by atoms with E-state index in [1.165, 1.54) is 0 Å². The zero-order valence-corrected chi connectivity index (χ0v) is 8.00. The minimum absolute atomic E-state index is 0.0965. The maximum Gasteiger partial charge on any atom is 0.249 e. The van der Waals surface area contributed by atoms with Crippen LogP contribution in [0.3, 0.4) is 0 Å². The number of carbonyl (C=O) groups excluding carboxylic acids is 1. The van der Waals surface area contributed by atoms with Gasteiger partial charge in [0.2, 0.25) is 5.91 Å². The lowest BCUT2D eigenvalue weighted by atomic mass is 9.97. The highest BCUT2D eigenvalue weighted by molar-refractivity contribution is 5.81. The predicted octanol–water partition coefficient (Wildman–Crippen LogP) is 1.45. The van der Waals surface area contributed by atoms with Crippen molar-refractivity contribution in [3.63, 3.8) is 0 Å². The fourth-order valence-electron chi connectivity index (χ4n) is 0.970. The largest absolute Gasteiger partial charge is 0.383 e. The van der Waals surface area contributed by atoms with Crippen molar-refractivity contribution < 1.29 is 22.2 Å². The number of carbonyl (C=O) groups is 1. The third-order valence-corrected chi connectivity index (χ3v) is 2.03. The van der Waals surface area contributed by atoms with E-state index in [1.54, 1.807) is 0 Å². The van der Waals surface area contributed by atoms with Crippen molar-refractivity contribution in [1.82, 2.24) is 5.32 Å². The first-order chi connectivity index (χ1) is 10.1. The summed E-state index contributed by atoms with van der Waals surface area (Å²) in [7, 11) is 0. The summed E-state index contributed by atoms with van der Waals surface area (Å²) in [5.41, 5.74) is 0. The molecule has 0 bridgehead atoms. The minimum Gasteiger partial charge on any atom is -0.383 e. The van der Waals surface area contributed by atoms with Crippen LogP contribution in [-0.4, -0.2) is 23.2 Å². The summed E-state index contributed by atoms with van der Waals surface area (Å²) in [6, 6.07) is -0.0965. The summed E-state index contributed by atoms with van der Waals surface area (Å²) in [5, 5.41) is 12.4. The Labute approximate surface area is 98.5 Å². The number of nitrogens with one attached hydrogen (secondary N) is 1.